The zero-order valence-corrected chi connectivity index (χ0v) is 17.4. The molecule has 1 aliphatic rings. The van der Waals surface area contributed by atoms with Crippen LogP contribution in [-0.4, -0.2) is 33.0 Å². The van der Waals surface area contributed by atoms with Crippen molar-refractivity contribution >= 4 is 38.8 Å². The average molecular weight is 407 g/mol. The summed E-state index contributed by atoms with van der Waals surface area (Å²) < 4.78 is 5.79. The molecule has 0 saturated carbocycles. The first-order valence-electron chi connectivity index (χ1n) is 9.00. The molecule has 0 fully saturated rings. The fourth-order valence-corrected chi connectivity index (χ4v) is 5.11. The van der Waals surface area contributed by atoms with Crippen LogP contribution in [0.5, 0.6) is 0 Å². The number of hydrogen-bond acceptors (Lipinski definition) is 7. The highest BCUT2D eigenvalue weighted by molar-refractivity contribution is 7.20. The van der Waals surface area contributed by atoms with E-state index in [1.807, 2.05) is 25.3 Å². The molecule has 5 nitrogen and oxygen atoms in total. The summed E-state index contributed by atoms with van der Waals surface area (Å²) in [4.78, 5) is 21.6. The summed E-state index contributed by atoms with van der Waals surface area (Å²) in [5, 5.41) is 2.07. The Morgan fingerprint density at radius 1 is 1.11 bits per heavy atom. The van der Waals surface area contributed by atoms with E-state index in [1.165, 1.54) is 0 Å². The summed E-state index contributed by atoms with van der Waals surface area (Å²) in [6.07, 6.45) is 3.61. The molecule has 7 heteroatoms. The molecule has 0 aromatic carbocycles. The van der Waals surface area contributed by atoms with Crippen molar-refractivity contribution < 1.29 is 4.74 Å². The zero-order valence-electron chi connectivity index (χ0n) is 15.8. The molecule has 0 bridgehead atoms. The number of ether oxygens (including phenoxy) is 1. The van der Waals surface area contributed by atoms with E-state index >= 15 is 0 Å². The molecule has 0 unspecified atom stereocenters. The first kappa shape index (κ1) is 17.5. The van der Waals surface area contributed by atoms with Crippen LogP contribution in [0.4, 0.5) is 0 Å². The van der Waals surface area contributed by atoms with Gasteiger partial charge in [0.25, 0.3) is 0 Å². The average Bonchev–Trinajstić information content (AvgIpc) is 3.38. The molecule has 0 atom stereocenters. The van der Waals surface area contributed by atoms with Crippen LogP contribution in [0.3, 0.4) is 0 Å². The third kappa shape index (κ3) is 3.10. The fourth-order valence-electron chi connectivity index (χ4n) is 3.11. The first-order chi connectivity index (χ1) is 13.5. The number of aryl methyl sites for hydroxylation is 1. The van der Waals surface area contributed by atoms with Gasteiger partial charge in [0.1, 0.15) is 16.4 Å². The van der Waals surface area contributed by atoms with Gasteiger partial charge in [0, 0.05) is 23.3 Å². The second kappa shape index (κ2) is 6.46. The molecular weight excluding hydrogens is 388 g/mol. The molecular formula is C21H18N4OS2. The number of aromatic nitrogens is 3. The Bertz CT molecular complexity index is 1210. The van der Waals surface area contributed by atoms with Gasteiger partial charge in [-0.2, -0.15) is 0 Å². The number of pyridine rings is 2. The molecule has 0 aliphatic carbocycles. The van der Waals surface area contributed by atoms with Gasteiger partial charge in [-0.1, -0.05) is 0 Å². The lowest BCUT2D eigenvalue weighted by Crippen LogP contribution is -2.17. The highest BCUT2D eigenvalue weighted by atomic mass is 32.1. The normalized spacial score (nSPS) is 15.6. The summed E-state index contributed by atoms with van der Waals surface area (Å²) in [6, 6.07) is 10.2. The number of hydrogen-bond donors (Lipinski definition) is 0. The van der Waals surface area contributed by atoms with Gasteiger partial charge in [-0.25, -0.2) is 15.0 Å². The lowest BCUT2D eigenvalue weighted by molar-refractivity contribution is 0.280. The molecule has 0 N–H and O–H groups in total. The van der Waals surface area contributed by atoms with Crippen molar-refractivity contribution in [3.63, 3.8) is 0 Å². The maximum atomic E-state index is 5.79. The van der Waals surface area contributed by atoms with Crippen LogP contribution in [0, 0.1) is 6.92 Å². The lowest BCUT2D eigenvalue weighted by atomic mass is 10.1. The third-order valence-electron chi connectivity index (χ3n) is 4.50. The van der Waals surface area contributed by atoms with Crippen molar-refractivity contribution in [2.75, 3.05) is 6.61 Å². The minimum absolute atomic E-state index is 0.160. The second-order valence-corrected chi connectivity index (χ2v) is 9.42. The SMILES string of the molecule is Cc1nc(-c2cccnc2)sc1-c1ccc2cc(C3=NC(C)(C)CO3)sc2n1. The standard InChI is InChI=1S/C21H18N4OS2/c1-12-17(28-20(23-12)14-5-4-8-22-10-14)15-7-6-13-9-16(27-19(13)24-15)18-25-21(2,3)11-26-18/h4-10H,11H2,1-3H3. The zero-order chi connectivity index (χ0) is 19.3. The van der Waals surface area contributed by atoms with Gasteiger partial charge in [0.2, 0.25) is 5.90 Å². The largest absolute Gasteiger partial charge is 0.474 e. The number of fused-ring (bicyclic) bond motifs is 1. The van der Waals surface area contributed by atoms with Gasteiger partial charge >= 0.3 is 0 Å². The maximum absolute atomic E-state index is 5.79. The van der Waals surface area contributed by atoms with Gasteiger partial charge in [-0.3, -0.25) is 4.98 Å². The Balaban J connectivity index is 1.53. The molecule has 0 amide bonds. The molecule has 5 heterocycles. The summed E-state index contributed by atoms with van der Waals surface area (Å²) >= 11 is 3.27. The summed E-state index contributed by atoms with van der Waals surface area (Å²) in [5.74, 6) is 0.724. The van der Waals surface area contributed by atoms with Gasteiger partial charge in [-0.05, 0) is 51.1 Å². The van der Waals surface area contributed by atoms with Gasteiger partial charge in [0.15, 0.2) is 0 Å². The van der Waals surface area contributed by atoms with Crippen LogP contribution in [0.15, 0.2) is 47.7 Å². The first-order valence-corrected chi connectivity index (χ1v) is 10.6. The summed E-state index contributed by atoms with van der Waals surface area (Å²) in [7, 11) is 0. The van der Waals surface area contributed by atoms with Gasteiger partial charge in [-0.15, -0.1) is 22.7 Å². The smallest absolute Gasteiger partial charge is 0.227 e. The quantitative estimate of drug-likeness (QED) is 0.460. The number of rotatable bonds is 3. The topological polar surface area (TPSA) is 60.3 Å². The van der Waals surface area contributed by atoms with Crippen LogP contribution >= 0.6 is 22.7 Å². The summed E-state index contributed by atoms with van der Waals surface area (Å²) in [5.41, 5.74) is 2.80. The van der Waals surface area contributed by atoms with Crippen molar-refractivity contribution in [2.24, 2.45) is 4.99 Å². The number of thiazole rings is 1. The number of aliphatic imine (C=N–C) groups is 1. The predicted octanol–water partition coefficient (Wildman–Crippen LogP) is 5.35. The Kier molecular flexibility index (Phi) is 4.03. The van der Waals surface area contributed by atoms with Crippen molar-refractivity contribution in [3.8, 4) is 21.1 Å². The van der Waals surface area contributed by atoms with Gasteiger partial charge in [0.05, 0.1) is 26.7 Å². The van der Waals surface area contributed by atoms with Crippen LogP contribution in [0.2, 0.25) is 0 Å². The van der Waals surface area contributed by atoms with Crippen molar-refractivity contribution in [1.82, 2.24) is 15.0 Å². The van der Waals surface area contributed by atoms with E-state index in [4.69, 9.17) is 14.7 Å². The number of nitrogens with zero attached hydrogens (tertiary/aromatic N) is 4. The monoisotopic (exact) mass is 406 g/mol. The number of thiophene rings is 1. The predicted molar refractivity (Wildman–Crippen MR) is 115 cm³/mol. The van der Waals surface area contributed by atoms with Gasteiger partial charge < -0.3 is 4.74 Å². The van der Waals surface area contributed by atoms with Crippen molar-refractivity contribution in [1.29, 1.82) is 0 Å². The molecule has 1 aliphatic heterocycles. The third-order valence-corrected chi connectivity index (χ3v) is 6.76. The molecule has 140 valence electrons. The van der Waals surface area contributed by atoms with E-state index in [0.29, 0.717) is 6.61 Å². The Morgan fingerprint density at radius 2 is 2.00 bits per heavy atom. The highest BCUT2D eigenvalue weighted by Crippen LogP contribution is 2.36. The summed E-state index contributed by atoms with van der Waals surface area (Å²) in [6.45, 7) is 6.80. The van der Waals surface area contributed by atoms with E-state index < -0.39 is 0 Å². The van der Waals surface area contributed by atoms with Crippen LogP contribution in [-0.2, 0) is 4.74 Å². The minimum atomic E-state index is -0.160. The molecule has 4 aromatic heterocycles. The molecule has 28 heavy (non-hydrogen) atoms. The molecule has 5 rings (SSSR count). The molecule has 0 saturated heterocycles. The van der Waals surface area contributed by atoms with Crippen LogP contribution < -0.4 is 0 Å². The van der Waals surface area contributed by atoms with Crippen molar-refractivity contribution in [2.45, 2.75) is 26.3 Å². The van der Waals surface area contributed by atoms with E-state index in [-0.39, 0.29) is 5.54 Å². The Labute approximate surface area is 170 Å². The molecule has 0 spiro atoms. The Hall–Kier alpha value is -2.64. The Morgan fingerprint density at radius 3 is 2.75 bits per heavy atom. The van der Waals surface area contributed by atoms with Crippen LogP contribution in [0.25, 0.3) is 31.4 Å². The lowest BCUT2D eigenvalue weighted by Gasteiger charge is -2.07. The van der Waals surface area contributed by atoms with Crippen LogP contribution in [0.1, 0.15) is 24.4 Å². The second-order valence-electron chi connectivity index (χ2n) is 7.39. The minimum Gasteiger partial charge on any atom is -0.474 e. The maximum Gasteiger partial charge on any atom is 0.227 e. The van der Waals surface area contributed by atoms with Crippen molar-refractivity contribution in [3.05, 3.63) is 53.3 Å². The van der Waals surface area contributed by atoms with E-state index in [1.54, 1.807) is 28.9 Å². The van der Waals surface area contributed by atoms with E-state index in [2.05, 4.69) is 42.0 Å². The fraction of sp³-hybridized carbons (Fsp3) is 0.238. The molecule has 0 radical (unpaired) electrons. The molecule has 4 aromatic rings. The van der Waals surface area contributed by atoms with E-state index in [9.17, 15) is 0 Å². The highest BCUT2D eigenvalue weighted by Gasteiger charge is 2.28. The van der Waals surface area contributed by atoms with E-state index in [0.717, 1.165) is 47.8 Å².